The molecular formula is C19H20FN3O2S. The van der Waals surface area contributed by atoms with Gasteiger partial charge in [-0.1, -0.05) is 6.07 Å². The van der Waals surface area contributed by atoms with Crippen LogP contribution in [0.1, 0.15) is 45.3 Å². The molecule has 5 nitrogen and oxygen atoms in total. The lowest BCUT2D eigenvalue weighted by Crippen LogP contribution is -2.26. The number of hydrogen-bond donors (Lipinski definition) is 1. The van der Waals surface area contributed by atoms with E-state index in [9.17, 15) is 9.18 Å². The van der Waals surface area contributed by atoms with Gasteiger partial charge in [-0.15, -0.1) is 11.3 Å². The summed E-state index contributed by atoms with van der Waals surface area (Å²) in [6.07, 6.45) is 0. The molecule has 0 radical (unpaired) electrons. The van der Waals surface area contributed by atoms with E-state index < -0.39 is 5.82 Å². The second-order valence-corrected chi connectivity index (χ2v) is 7.18. The molecule has 0 aliphatic rings. The Balaban J connectivity index is 1.88. The third-order valence-electron chi connectivity index (χ3n) is 4.31. The third-order valence-corrected chi connectivity index (χ3v) is 5.50. The molecule has 1 unspecified atom stereocenters. The maximum absolute atomic E-state index is 13.9. The minimum Gasteiger partial charge on any atom is -0.494 e. The lowest BCUT2D eigenvalue weighted by Gasteiger charge is -2.15. The van der Waals surface area contributed by atoms with Crippen LogP contribution in [0, 0.1) is 26.6 Å². The summed E-state index contributed by atoms with van der Waals surface area (Å²) >= 11 is 1.35. The molecule has 3 rings (SSSR count). The Hall–Kier alpha value is -2.54. The van der Waals surface area contributed by atoms with Gasteiger partial charge in [-0.25, -0.2) is 14.4 Å². The number of carbonyl (C=O) groups excluding carboxylic acids is 1. The highest BCUT2D eigenvalue weighted by molar-refractivity contribution is 7.20. The molecule has 0 saturated heterocycles. The largest absolute Gasteiger partial charge is 0.494 e. The first kappa shape index (κ1) is 18.3. The number of fused-ring (bicyclic) bond motifs is 1. The predicted octanol–water partition coefficient (Wildman–Crippen LogP) is 4.26. The molecule has 2 heterocycles. The van der Waals surface area contributed by atoms with Crippen LogP contribution >= 0.6 is 11.3 Å². The van der Waals surface area contributed by atoms with E-state index in [-0.39, 0.29) is 17.7 Å². The molecule has 26 heavy (non-hydrogen) atoms. The first-order valence-electron chi connectivity index (χ1n) is 8.20. The number of rotatable bonds is 4. The van der Waals surface area contributed by atoms with Crippen LogP contribution < -0.4 is 10.1 Å². The van der Waals surface area contributed by atoms with E-state index >= 15 is 0 Å². The number of benzene rings is 1. The molecule has 0 bridgehead atoms. The number of hydrogen-bond acceptors (Lipinski definition) is 5. The number of thiophene rings is 1. The predicted molar refractivity (Wildman–Crippen MR) is 100 cm³/mol. The number of nitrogens with one attached hydrogen (secondary N) is 1. The Morgan fingerprint density at radius 3 is 2.65 bits per heavy atom. The highest BCUT2D eigenvalue weighted by Crippen LogP contribution is 2.31. The lowest BCUT2D eigenvalue weighted by atomic mass is 10.1. The second kappa shape index (κ2) is 6.99. The number of aromatic nitrogens is 2. The smallest absolute Gasteiger partial charge is 0.262 e. The standard InChI is InChI=1S/C19H20FN3O2S/c1-9-16-11(3)21-12(4)23-19(16)26-17(9)18(24)22-10(2)13-6-7-15(25-5)14(20)8-13/h6-8,10H,1-5H3,(H,22,24). The van der Waals surface area contributed by atoms with E-state index in [1.54, 1.807) is 12.1 Å². The molecule has 3 aromatic rings. The second-order valence-electron chi connectivity index (χ2n) is 6.18. The molecular weight excluding hydrogens is 353 g/mol. The van der Waals surface area contributed by atoms with Gasteiger partial charge in [0.1, 0.15) is 10.7 Å². The number of aryl methyl sites for hydroxylation is 3. The van der Waals surface area contributed by atoms with Gasteiger partial charge in [-0.3, -0.25) is 4.79 Å². The van der Waals surface area contributed by atoms with Crippen LogP contribution in [-0.2, 0) is 0 Å². The molecule has 7 heteroatoms. The summed E-state index contributed by atoms with van der Waals surface area (Å²) in [6, 6.07) is 4.32. The maximum Gasteiger partial charge on any atom is 0.262 e. The fourth-order valence-corrected chi connectivity index (χ4v) is 4.17. The zero-order chi connectivity index (χ0) is 19.0. The van der Waals surface area contributed by atoms with Gasteiger partial charge in [0.15, 0.2) is 11.6 Å². The molecule has 2 aromatic heterocycles. The van der Waals surface area contributed by atoms with Gasteiger partial charge in [0.05, 0.1) is 18.0 Å². The molecule has 1 N–H and O–H groups in total. The number of halogens is 1. The highest BCUT2D eigenvalue weighted by Gasteiger charge is 2.20. The van der Waals surface area contributed by atoms with Crippen molar-refractivity contribution in [3.05, 3.63) is 51.5 Å². The monoisotopic (exact) mass is 373 g/mol. The van der Waals surface area contributed by atoms with Crippen molar-refractivity contribution in [2.45, 2.75) is 33.7 Å². The van der Waals surface area contributed by atoms with E-state index in [0.717, 1.165) is 21.5 Å². The Morgan fingerprint density at radius 1 is 1.27 bits per heavy atom. The molecule has 0 aliphatic carbocycles. The molecule has 0 spiro atoms. The normalized spacial score (nSPS) is 12.2. The summed E-state index contributed by atoms with van der Waals surface area (Å²) in [5.74, 6) is 0.208. The number of ether oxygens (including phenoxy) is 1. The first-order valence-corrected chi connectivity index (χ1v) is 9.02. The fraction of sp³-hybridized carbons (Fsp3) is 0.316. The van der Waals surface area contributed by atoms with Crippen molar-refractivity contribution in [2.75, 3.05) is 7.11 Å². The zero-order valence-corrected chi connectivity index (χ0v) is 16.1. The summed E-state index contributed by atoms with van der Waals surface area (Å²) in [5.41, 5.74) is 2.40. The topological polar surface area (TPSA) is 64.1 Å². The van der Waals surface area contributed by atoms with Gasteiger partial charge in [0, 0.05) is 11.1 Å². The van der Waals surface area contributed by atoms with Crippen LogP contribution in [0.3, 0.4) is 0 Å². The van der Waals surface area contributed by atoms with Crippen LogP contribution in [0.15, 0.2) is 18.2 Å². The van der Waals surface area contributed by atoms with Crippen molar-refractivity contribution in [3.63, 3.8) is 0 Å². The van der Waals surface area contributed by atoms with Gasteiger partial charge in [-0.05, 0) is 51.0 Å². The van der Waals surface area contributed by atoms with E-state index in [1.165, 1.54) is 24.5 Å². The summed E-state index contributed by atoms with van der Waals surface area (Å²) in [6.45, 7) is 7.47. The maximum atomic E-state index is 13.9. The molecule has 1 atom stereocenters. The van der Waals surface area contributed by atoms with E-state index in [4.69, 9.17) is 4.74 Å². The zero-order valence-electron chi connectivity index (χ0n) is 15.3. The number of nitrogens with zero attached hydrogens (tertiary/aromatic N) is 2. The van der Waals surface area contributed by atoms with Crippen LogP contribution in [0.4, 0.5) is 4.39 Å². The van der Waals surface area contributed by atoms with Crippen molar-refractivity contribution in [1.82, 2.24) is 15.3 Å². The van der Waals surface area contributed by atoms with Gasteiger partial charge in [0.25, 0.3) is 5.91 Å². The molecule has 0 fully saturated rings. The van der Waals surface area contributed by atoms with Crippen LogP contribution in [-0.4, -0.2) is 23.0 Å². The van der Waals surface area contributed by atoms with Crippen LogP contribution in [0.2, 0.25) is 0 Å². The van der Waals surface area contributed by atoms with Crippen molar-refractivity contribution in [2.24, 2.45) is 0 Å². The van der Waals surface area contributed by atoms with Crippen molar-refractivity contribution in [3.8, 4) is 5.75 Å². The van der Waals surface area contributed by atoms with E-state index in [1.807, 2.05) is 27.7 Å². The van der Waals surface area contributed by atoms with Gasteiger partial charge in [-0.2, -0.15) is 0 Å². The number of amides is 1. The molecule has 0 aliphatic heterocycles. The Labute approximate surface area is 155 Å². The third kappa shape index (κ3) is 3.26. The molecule has 136 valence electrons. The summed E-state index contributed by atoms with van der Waals surface area (Å²) < 4.78 is 18.8. The molecule has 1 amide bonds. The van der Waals surface area contributed by atoms with Crippen molar-refractivity contribution < 1.29 is 13.9 Å². The van der Waals surface area contributed by atoms with Gasteiger partial charge >= 0.3 is 0 Å². The number of carbonyl (C=O) groups is 1. The minimum absolute atomic E-state index is 0.178. The Bertz CT molecular complexity index is 1000. The summed E-state index contributed by atoms with van der Waals surface area (Å²) in [5, 5.41) is 3.85. The van der Waals surface area contributed by atoms with Crippen molar-refractivity contribution >= 4 is 27.5 Å². The van der Waals surface area contributed by atoms with E-state index in [2.05, 4.69) is 15.3 Å². The average molecular weight is 373 g/mol. The SMILES string of the molecule is COc1ccc(C(C)NC(=O)c2sc3nc(C)nc(C)c3c2C)cc1F. The van der Waals surface area contributed by atoms with Crippen LogP contribution in [0.5, 0.6) is 5.75 Å². The van der Waals surface area contributed by atoms with E-state index in [0.29, 0.717) is 16.3 Å². The minimum atomic E-state index is -0.453. The summed E-state index contributed by atoms with van der Waals surface area (Å²) in [4.78, 5) is 23.0. The Morgan fingerprint density at radius 2 is 2.00 bits per heavy atom. The quantitative estimate of drug-likeness (QED) is 0.742. The average Bonchev–Trinajstić information content (AvgIpc) is 2.91. The highest BCUT2D eigenvalue weighted by atomic mass is 32.1. The number of methoxy groups -OCH3 is 1. The van der Waals surface area contributed by atoms with Gasteiger partial charge < -0.3 is 10.1 Å². The van der Waals surface area contributed by atoms with Crippen molar-refractivity contribution in [1.29, 1.82) is 0 Å². The lowest BCUT2D eigenvalue weighted by molar-refractivity contribution is 0.0943. The van der Waals surface area contributed by atoms with Gasteiger partial charge in [0.2, 0.25) is 0 Å². The van der Waals surface area contributed by atoms with Crippen LogP contribution in [0.25, 0.3) is 10.2 Å². The molecule has 1 aromatic carbocycles. The summed E-state index contributed by atoms with van der Waals surface area (Å²) in [7, 11) is 1.42. The first-order chi connectivity index (χ1) is 12.3. The molecule has 0 saturated carbocycles. The Kier molecular flexibility index (Phi) is 4.91. The fourth-order valence-electron chi connectivity index (χ4n) is 2.99.